The minimum absolute atomic E-state index is 0.0372. The maximum atomic E-state index is 6.50. The Balaban J connectivity index is 1.80. The number of hydrogen-bond donors (Lipinski definition) is 0. The van der Waals surface area contributed by atoms with Gasteiger partial charge in [-0.2, -0.15) is 0 Å². The van der Waals surface area contributed by atoms with Crippen molar-refractivity contribution in [2.75, 3.05) is 6.54 Å². The molecule has 0 saturated carbocycles. The molecule has 2 aliphatic heterocycles. The second-order valence-corrected chi connectivity index (χ2v) is 8.05. The molecule has 23 heavy (non-hydrogen) atoms. The van der Waals surface area contributed by atoms with Crippen molar-refractivity contribution in [2.45, 2.75) is 24.3 Å². The van der Waals surface area contributed by atoms with Crippen molar-refractivity contribution >= 4 is 40.1 Å². The molecular formula is C17H15Cl2N3S. The maximum Gasteiger partial charge on any atom is 0.160 e. The standard InChI is InChI=1S/C17H15Cl2N3S/c1-10-9-22-16(12-6-5-11(18)8-13(12)19)15(21-17(22)23-10)14-4-2-3-7-20-14/h2-8,10,15-16H,9H2,1H3/t10?,15-,16+/m0/s1. The topological polar surface area (TPSA) is 28.5 Å². The van der Waals surface area contributed by atoms with Crippen LogP contribution in [0.4, 0.5) is 0 Å². The first kappa shape index (κ1) is 15.3. The monoisotopic (exact) mass is 363 g/mol. The van der Waals surface area contributed by atoms with Crippen molar-refractivity contribution in [3.05, 3.63) is 63.9 Å². The van der Waals surface area contributed by atoms with E-state index in [0.717, 1.165) is 23.0 Å². The lowest BCUT2D eigenvalue weighted by atomic mass is 9.96. The summed E-state index contributed by atoms with van der Waals surface area (Å²) in [4.78, 5) is 11.8. The normalized spacial score (nSPS) is 26.3. The second-order valence-electron chi connectivity index (χ2n) is 5.80. The molecule has 2 aliphatic rings. The Bertz CT molecular complexity index is 766. The molecule has 0 amide bonds. The molecule has 1 aromatic carbocycles. The Morgan fingerprint density at radius 1 is 1.22 bits per heavy atom. The van der Waals surface area contributed by atoms with Gasteiger partial charge in [-0.15, -0.1) is 0 Å². The third-order valence-corrected chi connectivity index (χ3v) is 5.83. The van der Waals surface area contributed by atoms with Crippen LogP contribution in [0.5, 0.6) is 0 Å². The fourth-order valence-corrected chi connectivity index (χ4v) is 4.81. The van der Waals surface area contributed by atoms with E-state index in [1.807, 2.05) is 48.3 Å². The molecule has 1 saturated heterocycles. The van der Waals surface area contributed by atoms with Gasteiger partial charge in [0.1, 0.15) is 6.04 Å². The summed E-state index contributed by atoms with van der Waals surface area (Å²) in [5.41, 5.74) is 2.03. The highest BCUT2D eigenvalue weighted by molar-refractivity contribution is 8.14. The summed E-state index contributed by atoms with van der Waals surface area (Å²) in [6.45, 7) is 3.19. The quantitative estimate of drug-likeness (QED) is 0.753. The van der Waals surface area contributed by atoms with Crippen LogP contribution in [0.15, 0.2) is 47.6 Å². The minimum Gasteiger partial charge on any atom is -0.341 e. The molecule has 3 nitrogen and oxygen atoms in total. The van der Waals surface area contributed by atoms with Gasteiger partial charge >= 0.3 is 0 Å². The number of aliphatic imine (C=N–C) groups is 1. The summed E-state index contributed by atoms with van der Waals surface area (Å²) in [6.07, 6.45) is 1.81. The Kier molecular flexibility index (Phi) is 4.00. The first-order valence-corrected chi connectivity index (χ1v) is 9.14. The number of aromatic nitrogens is 1. The van der Waals surface area contributed by atoms with E-state index in [-0.39, 0.29) is 12.1 Å². The minimum atomic E-state index is -0.0372. The van der Waals surface area contributed by atoms with E-state index in [0.29, 0.717) is 15.3 Å². The van der Waals surface area contributed by atoms with Crippen LogP contribution in [0.2, 0.25) is 10.0 Å². The van der Waals surface area contributed by atoms with E-state index in [9.17, 15) is 0 Å². The highest BCUT2D eigenvalue weighted by Gasteiger charge is 2.44. The van der Waals surface area contributed by atoms with Crippen molar-refractivity contribution in [2.24, 2.45) is 4.99 Å². The Labute approximate surface area is 149 Å². The van der Waals surface area contributed by atoms with Crippen LogP contribution in [0, 0.1) is 0 Å². The van der Waals surface area contributed by atoms with Gasteiger partial charge in [-0.05, 0) is 29.8 Å². The van der Waals surface area contributed by atoms with Crippen molar-refractivity contribution in [1.29, 1.82) is 0 Å². The number of fused-ring (bicyclic) bond motifs is 1. The van der Waals surface area contributed by atoms with E-state index >= 15 is 0 Å². The molecule has 6 heteroatoms. The zero-order valence-corrected chi connectivity index (χ0v) is 14.8. The van der Waals surface area contributed by atoms with Gasteiger partial charge in [-0.25, -0.2) is 0 Å². The molecular weight excluding hydrogens is 349 g/mol. The molecule has 3 atom stereocenters. The summed E-state index contributed by atoms with van der Waals surface area (Å²) in [6, 6.07) is 11.7. The summed E-state index contributed by atoms with van der Waals surface area (Å²) in [5, 5.41) is 2.96. The third kappa shape index (κ3) is 2.73. The number of rotatable bonds is 2. The van der Waals surface area contributed by atoms with E-state index in [1.54, 1.807) is 6.07 Å². The zero-order chi connectivity index (χ0) is 16.0. The Hall–Kier alpha value is -1.23. The summed E-state index contributed by atoms with van der Waals surface area (Å²) >= 11 is 14.4. The molecule has 1 fully saturated rings. The highest BCUT2D eigenvalue weighted by Crippen LogP contribution is 2.49. The fraction of sp³-hybridized carbons (Fsp3) is 0.294. The van der Waals surface area contributed by atoms with Crippen LogP contribution in [0.1, 0.15) is 30.3 Å². The van der Waals surface area contributed by atoms with Gasteiger partial charge < -0.3 is 4.90 Å². The van der Waals surface area contributed by atoms with Gasteiger partial charge in [-0.1, -0.05) is 54.0 Å². The van der Waals surface area contributed by atoms with Gasteiger partial charge in [0.25, 0.3) is 0 Å². The van der Waals surface area contributed by atoms with Crippen molar-refractivity contribution in [3.63, 3.8) is 0 Å². The summed E-state index contributed by atoms with van der Waals surface area (Å²) < 4.78 is 0. The van der Waals surface area contributed by atoms with E-state index in [4.69, 9.17) is 28.2 Å². The van der Waals surface area contributed by atoms with E-state index in [2.05, 4.69) is 16.8 Å². The van der Waals surface area contributed by atoms with Crippen LogP contribution < -0.4 is 0 Å². The predicted molar refractivity (Wildman–Crippen MR) is 97.4 cm³/mol. The number of halogens is 2. The average molecular weight is 364 g/mol. The lowest BCUT2D eigenvalue weighted by Crippen LogP contribution is -2.28. The second kappa shape index (κ2) is 6.00. The van der Waals surface area contributed by atoms with Gasteiger partial charge in [0.15, 0.2) is 5.17 Å². The molecule has 1 aromatic heterocycles. The van der Waals surface area contributed by atoms with Crippen molar-refractivity contribution in [1.82, 2.24) is 9.88 Å². The smallest absolute Gasteiger partial charge is 0.160 e. The number of benzene rings is 1. The first-order valence-electron chi connectivity index (χ1n) is 7.50. The van der Waals surface area contributed by atoms with Crippen LogP contribution in [0.25, 0.3) is 0 Å². The molecule has 2 aromatic rings. The van der Waals surface area contributed by atoms with Crippen LogP contribution in [-0.2, 0) is 0 Å². The Morgan fingerprint density at radius 2 is 2.09 bits per heavy atom. The molecule has 0 radical (unpaired) electrons. The Morgan fingerprint density at radius 3 is 2.83 bits per heavy atom. The van der Waals surface area contributed by atoms with Gasteiger partial charge in [0, 0.05) is 28.0 Å². The van der Waals surface area contributed by atoms with Crippen LogP contribution >= 0.6 is 35.0 Å². The van der Waals surface area contributed by atoms with Gasteiger partial charge in [-0.3, -0.25) is 9.98 Å². The lowest BCUT2D eigenvalue weighted by Gasteiger charge is -2.28. The lowest BCUT2D eigenvalue weighted by molar-refractivity contribution is 0.321. The molecule has 0 aliphatic carbocycles. The molecule has 4 rings (SSSR count). The molecule has 0 spiro atoms. The maximum absolute atomic E-state index is 6.50. The number of thioether (sulfide) groups is 1. The molecule has 3 heterocycles. The average Bonchev–Trinajstić information content (AvgIpc) is 3.05. The number of hydrogen-bond acceptors (Lipinski definition) is 4. The fourth-order valence-electron chi connectivity index (χ4n) is 3.20. The summed E-state index contributed by atoms with van der Waals surface area (Å²) in [5.74, 6) is 0. The predicted octanol–water partition coefficient (Wildman–Crippen LogP) is 4.98. The first-order chi connectivity index (χ1) is 11.1. The largest absolute Gasteiger partial charge is 0.341 e. The SMILES string of the molecule is CC1CN2C(=N[C@@H](c3ccccn3)[C@H]2c2ccc(Cl)cc2Cl)S1. The van der Waals surface area contributed by atoms with E-state index < -0.39 is 0 Å². The highest BCUT2D eigenvalue weighted by atomic mass is 35.5. The van der Waals surface area contributed by atoms with Crippen molar-refractivity contribution < 1.29 is 0 Å². The molecule has 1 unspecified atom stereocenters. The van der Waals surface area contributed by atoms with Gasteiger partial charge in [0.05, 0.1) is 11.7 Å². The molecule has 0 N–H and O–H groups in total. The van der Waals surface area contributed by atoms with E-state index in [1.165, 1.54) is 0 Å². The number of pyridine rings is 1. The van der Waals surface area contributed by atoms with Gasteiger partial charge in [0.2, 0.25) is 0 Å². The third-order valence-electron chi connectivity index (χ3n) is 4.16. The van der Waals surface area contributed by atoms with Crippen molar-refractivity contribution in [3.8, 4) is 0 Å². The van der Waals surface area contributed by atoms with Crippen LogP contribution in [0.3, 0.4) is 0 Å². The summed E-state index contributed by atoms with van der Waals surface area (Å²) in [7, 11) is 0. The molecule has 0 bridgehead atoms. The number of nitrogens with zero attached hydrogens (tertiary/aromatic N) is 3. The number of amidine groups is 1. The van der Waals surface area contributed by atoms with Crippen LogP contribution in [-0.4, -0.2) is 26.8 Å². The zero-order valence-electron chi connectivity index (χ0n) is 12.5. The molecule has 118 valence electrons.